The molecule has 4 aromatic rings. The average molecular weight is 407 g/mol. The van der Waals surface area contributed by atoms with Crippen molar-refractivity contribution in [1.82, 2.24) is 19.6 Å². The van der Waals surface area contributed by atoms with Crippen LogP contribution in [-0.2, 0) is 4.74 Å². The number of hydrogen-bond acceptors (Lipinski definition) is 5. The highest BCUT2D eigenvalue weighted by atomic mass is 32.1. The zero-order valence-corrected chi connectivity index (χ0v) is 16.8. The van der Waals surface area contributed by atoms with Gasteiger partial charge in [-0.2, -0.15) is 0 Å². The molecule has 2 aromatic heterocycles. The van der Waals surface area contributed by atoms with Crippen molar-refractivity contribution in [2.75, 3.05) is 39.4 Å². The zero-order chi connectivity index (χ0) is 19.6. The SMILES string of the molecule is O=C(NCCN1CCOCC1)c1ccc2c(c1)sc1nc(-c3ccccc3)cn12. The molecule has 5 rings (SSSR count). The first-order chi connectivity index (χ1) is 14.3. The van der Waals surface area contributed by atoms with Crippen molar-refractivity contribution in [3.63, 3.8) is 0 Å². The van der Waals surface area contributed by atoms with Crippen LogP contribution in [-0.4, -0.2) is 59.6 Å². The van der Waals surface area contributed by atoms with Crippen molar-refractivity contribution in [2.45, 2.75) is 0 Å². The van der Waals surface area contributed by atoms with Crippen molar-refractivity contribution in [3.8, 4) is 11.3 Å². The van der Waals surface area contributed by atoms with Crippen LogP contribution in [0.1, 0.15) is 10.4 Å². The zero-order valence-electron chi connectivity index (χ0n) is 16.0. The van der Waals surface area contributed by atoms with Gasteiger partial charge in [0.25, 0.3) is 5.91 Å². The van der Waals surface area contributed by atoms with Gasteiger partial charge in [0.15, 0.2) is 4.96 Å². The van der Waals surface area contributed by atoms with Crippen LogP contribution in [0.3, 0.4) is 0 Å². The lowest BCUT2D eigenvalue weighted by Crippen LogP contribution is -2.41. The molecule has 6 nitrogen and oxygen atoms in total. The third-order valence-electron chi connectivity index (χ3n) is 5.24. The number of aromatic nitrogens is 2. The Morgan fingerprint density at radius 2 is 1.97 bits per heavy atom. The molecule has 0 unspecified atom stereocenters. The van der Waals surface area contributed by atoms with Crippen LogP contribution in [0.15, 0.2) is 54.7 Å². The lowest BCUT2D eigenvalue weighted by atomic mass is 10.2. The second-order valence-corrected chi connectivity index (χ2v) is 8.15. The fourth-order valence-corrected chi connectivity index (χ4v) is 4.69. The van der Waals surface area contributed by atoms with Gasteiger partial charge in [0, 0.05) is 43.5 Å². The number of hydrogen-bond donors (Lipinski definition) is 1. The summed E-state index contributed by atoms with van der Waals surface area (Å²) in [5.41, 5.74) is 3.83. The van der Waals surface area contributed by atoms with Gasteiger partial charge < -0.3 is 10.1 Å². The number of thiazole rings is 1. The Morgan fingerprint density at radius 3 is 2.79 bits per heavy atom. The summed E-state index contributed by atoms with van der Waals surface area (Å²) in [5.74, 6) is -0.0313. The van der Waals surface area contributed by atoms with Crippen LogP contribution in [0, 0.1) is 0 Å². The van der Waals surface area contributed by atoms with E-state index in [1.165, 1.54) is 0 Å². The third kappa shape index (κ3) is 3.76. The summed E-state index contributed by atoms with van der Waals surface area (Å²) >= 11 is 1.61. The monoisotopic (exact) mass is 406 g/mol. The Labute approximate surface area is 172 Å². The largest absolute Gasteiger partial charge is 0.379 e. The van der Waals surface area contributed by atoms with Crippen LogP contribution in [0.5, 0.6) is 0 Å². The minimum absolute atomic E-state index is 0.0313. The summed E-state index contributed by atoms with van der Waals surface area (Å²) in [6.07, 6.45) is 2.06. The molecular weight excluding hydrogens is 384 g/mol. The maximum atomic E-state index is 12.6. The quantitative estimate of drug-likeness (QED) is 0.553. The number of rotatable bonds is 5. The number of carbonyl (C=O) groups excluding carboxylic acids is 1. The predicted molar refractivity (Wildman–Crippen MR) is 116 cm³/mol. The fraction of sp³-hybridized carbons (Fsp3) is 0.273. The first kappa shape index (κ1) is 18.3. The van der Waals surface area contributed by atoms with Gasteiger partial charge in [-0.25, -0.2) is 4.98 Å². The molecule has 3 heterocycles. The number of imidazole rings is 1. The highest BCUT2D eigenvalue weighted by Crippen LogP contribution is 2.30. The molecule has 1 aliphatic heterocycles. The minimum Gasteiger partial charge on any atom is -0.379 e. The number of amides is 1. The van der Waals surface area contributed by atoms with Crippen molar-refractivity contribution in [2.24, 2.45) is 0 Å². The van der Waals surface area contributed by atoms with Crippen LogP contribution in [0.25, 0.3) is 26.4 Å². The van der Waals surface area contributed by atoms with Crippen molar-refractivity contribution in [1.29, 1.82) is 0 Å². The molecule has 0 saturated carbocycles. The summed E-state index contributed by atoms with van der Waals surface area (Å²) in [6.45, 7) is 4.91. The Balaban J connectivity index is 1.31. The predicted octanol–water partition coefficient (Wildman–Crippen LogP) is 3.28. The molecule has 0 spiro atoms. The molecule has 1 aliphatic rings. The van der Waals surface area contributed by atoms with E-state index < -0.39 is 0 Å². The van der Waals surface area contributed by atoms with Gasteiger partial charge in [-0.1, -0.05) is 41.7 Å². The maximum absolute atomic E-state index is 12.6. The van der Waals surface area contributed by atoms with E-state index in [1.807, 2.05) is 36.4 Å². The molecule has 1 fully saturated rings. The van der Waals surface area contributed by atoms with Gasteiger partial charge >= 0.3 is 0 Å². The number of nitrogens with one attached hydrogen (secondary N) is 1. The van der Waals surface area contributed by atoms with E-state index in [-0.39, 0.29) is 5.91 Å². The standard InChI is InChI=1S/C22H22N4O2S/c27-21(23-8-9-25-10-12-28-13-11-25)17-6-7-19-20(14-17)29-22-24-18(15-26(19)22)16-4-2-1-3-5-16/h1-7,14-15H,8-13H2,(H,23,27). The Hall–Kier alpha value is -2.74. The molecule has 7 heteroatoms. The van der Waals surface area contributed by atoms with Gasteiger partial charge in [-0.3, -0.25) is 14.1 Å². The van der Waals surface area contributed by atoms with Crippen LogP contribution < -0.4 is 5.32 Å². The third-order valence-corrected chi connectivity index (χ3v) is 6.26. The van der Waals surface area contributed by atoms with E-state index in [0.717, 1.165) is 59.3 Å². The second-order valence-electron chi connectivity index (χ2n) is 7.14. The molecule has 2 aromatic carbocycles. The molecule has 1 amide bonds. The Bertz CT molecular complexity index is 1150. The highest BCUT2D eigenvalue weighted by Gasteiger charge is 2.14. The smallest absolute Gasteiger partial charge is 0.251 e. The fourth-order valence-electron chi connectivity index (χ4n) is 3.64. The normalized spacial score (nSPS) is 15.2. The van der Waals surface area contributed by atoms with Crippen molar-refractivity contribution < 1.29 is 9.53 Å². The number of benzene rings is 2. The van der Waals surface area contributed by atoms with Gasteiger partial charge in [-0.05, 0) is 18.2 Å². The van der Waals surface area contributed by atoms with E-state index in [1.54, 1.807) is 11.3 Å². The number of morpholine rings is 1. The number of carbonyl (C=O) groups is 1. The van der Waals surface area contributed by atoms with E-state index in [0.29, 0.717) is 12.1 Å². The van der Waals surface area contributed by atoms with E-state index >= 15 is 0 Å². The number of fused-ring (bicyclic) bond motifs is 3. The molecule has 1 N–H and O–H groups in total. The summed E-state index contributed by atoms with van der Waals surface area (Å²) in [4.78, 5) is 20.6. The molecule has 1 saturated heterocycles. The first-order valence-electron chi connectivity index (χ1n) is 9.83. The number of ether oxygens (including phenoxy) is 1. The first-order valence-corrected chi connectivity index (χ1v) is 10.6. The van der Waals surface area contributed by atoms with Crippen molar-refractivity contribution >= 4 is 32.4 Å². The van der Waals surface area contributed by atoms with E-state index in [9.17, 15) is 4.79 Å². The van der Waals surface area contributed by atoms with Crippen molar-refractivity contribution in [3.05, 3.63) is 60.3 Å². The molecule has 0 bridgehead atoms. The van der Waals surface area contributed by atoms with Gasteiger partial charge in [0.05, 0.1) is 29.1 Å². The molecule has 0 aliphatic carbocycles. The van der Waals surface area contributed by atoms with Gasteiger partial charge in [0.2, 0.25) is 0 Å². The maximum Gasteiger partial charge on any atom is 0.251 e. The van der Waals surface area contributed by atoms with Crippen LogP contribution in [0.2, 0.25) is 0 Å². The van der Waals surface area contributed by atoms with Gasteiger partial charge in [0.1, 0.15) is 0 Å². The molecule has 29 heavy (non-hydrogen) atoms. The summed E-state index contributed by atoms with van der Waals surface area (Å²) in [5, 5.41) is 3.03. The Kier molecular flexibility index (Phi) is 5.01. The van der Waals surface area contributed by atoms with Crippen LogP contribution >= 0.6 is 11.3 Å². The molecule has 0 radical (unpaired) electrons. The molecular formula is C22H22N4O2S. The number of nitrogens with zero attached hydrogens (tertiary/aromatic N) is 3. The van der Waals surface area contributed by atoms with Gasteiger partial charge in [-0.15, -0.1) is 0 Å². The van der Waals surface area contributed by atoms with E-state index in [4.69, 9.17) is 9.72 Å². The lowest BCUT2D eigenvalue weighted by Gasteiger charge is -2.26. The topological polar surface area (TPSA) is 58.9 Å². The molecule has 148 valence electrons. The van der Waals surface area contributed by atoms with Crippen LogP contribution in [0.4, 0.5) is 0 Å². The average Bonchev–Trinajstić information content (AvgIpc) is 3.32. The Morgan fingerprint density at radius 1 is 1.14 bits per heavy atom. The minimum atomic E-state index is -0.0313. The highest BCUT2D eigenvalue weighted by molar-refractivity contribution is 7.23. The lowest BCUT2D eigenvalue weighted by molar-refractivity contribution is 0.0383. The molecule has 0 atom stereocenters. The summed E-state index contributed by atoms with van der Waals surface area (Å²) < 4.78 is 8.52. The van der Waals surface area contributed by atoms with E-state index in [2.05, 4.69) is 32.9 Å². The second kappa shape index (κ2) is 7.94. The summed E-state index contributed by atoms with van der Waals surface area (Å²) in [7, 11) is 0. The summed E-state index contributed by atoms with van der Waals surface area (Å²) in [6, 6.07) is 16.0.